The van der Waals surface area contributed by atoms with Crippen LogP contribution in [0.1, 0.15) is 11.3 Å². The lowest BCUT2D eigenvalue weighted by atomic mass is 10.1. The molecule has 1 N–H and O–H groups in total. The van der Waals surface area contributed by atoms with Gasteiger partial charge in [0.05, 0.1) is 17.4 Å². The number of ether oxygens (including phenoxy) is 1. The molecule has 0 bridgehead atoms. The Hall–Kier alpha value is -3.16. The fraction of sp³-hybridized carbons (Fsp3) is 0.136. The van der Waals surface area contributed by atoms with Crippen molar-refractivity contribution in [3.63, 3.8) is 0 Å². The lowest BCUT2D eigenvalue weighted by Crippen LogP contribution is -2.31. The summed E-state index contributed by atoms with van der Waals surface area (Å²) in [5.74, 6) is 0.871. The average Bonchev–Trinajstić information content (AvgIpc) is 3.07. The third-order valence-corrected chi connectivity index (χ3v) is 5.47. The van der Waals surface area contributed by atoms with E-state index in [0.717, 1.165) is 33.4 Å². The monoisotopic (exact) mass is 410 g/mol. The van der Waals surface area contributed by atoms with Gasteiger partial charge in [0.25, 0.3) is 0 Å². The number of rotatable bonds is 3. The molecule has 0 saturated heterocycles. The minimum Gasteiger partial charge on any atom is -0.744 e. The number of H-pyrrole nitrogens is 1. The first-order valence-electron chi connectivity index (χ1n) is 8.88. The van der Waals surface area contributed by atoms with Gasteiger partial charge in [0, 0.05) is 17.0 Å². The Bertz CT molecular complexity index is 1290. The number of pyridine rings is 1. The first-order valence-corrected chi connectivity index (χ1v) is 10.3. The van der Waals surface area contributed by atoms with E-state index in [4.69, 9.17) is 4.74 Å². The van der Waals surface area contributed by atoms with E-state index in [0.29, 0.717) is 0 Å². The molecule has 7 heteroatoms. The van der Waals surface area contributed by atoms with Gasteiger partial charge in [-0.15, -0.1) is 0 Å². The van der Waals surface area contributed by atoms with Crippen LogP contribution in [0.5, 0.6) is 5.75 Å². The molecule has 0 fully saturated rings. The molecule has 0 atom stereocenters. The van der Waals surface area contributed by atoms with Crippen molar-refractivity contribution in [2.75, 3.05) is 7.11 Å². The highest BCUT2D eigenvalue weighted by Gasteiger charge is 2.19. The fourth-order valence-electron chi connectivity index (χ4n) is 3.18. The highest BCUT2D eigenvalue weighted by atomic mass is 32.2. The van der Waals surface area contributed by atoms with E-state index in [1.54, 1.807) is 19.2 Å². The number of hydrogen-bond donors (Lipinski definition) is 1. The van der Waals surface area contributed by atoms with Gasteiger partial charge in [0.1, 0.15) is 22.7 Å². The fourth-order valence-corrected chi connectivity index (χ4v) is 3.65. The SMILES string of the molecule is C=Cc1c2[nH]c3ccccc3c2c(OC)c[n+]1C.Cc1ccc(S(=O)(=O)[O-])cc1. The second kappa shape index (κ2) is 8.06. The van der Waals surface area contributed by atoms with Crippen molar-refractivity contribution >= 4 is 38.0 Å². The molecule has 0 saturated carbocycles. The van der Waals surface area contributed by atoms with E-state index < -0.39 is 10.1 Å². The summed E-state index contributed by atoms with van der Waals surface area (Å²) < 4.78 is 38.7. The van der Waals surface area contributed by atoms with Crippen molar-refractivity contribution in [2.45, 2.75) is 11.8 Å². The van der Waals surface area contributed by atoms with E-state index in [1.807, 2.05) is 42.9 Å². The third kappa shape index (κ3) is 4.16. The van der Waals surface area contributed by atoms with Gasteiger partial charge in [-0.1, -0.05) is 42.5 Å². The Morgan fingerprint density at radius 1 is 1.14 bits per heavy atom. The molecule has 2 heterocycles. The summed E-state index contributed by atoms with van der Waals surface area (Å²) in [7, 11) is -0.580. The van der Waals surface area contributed by atoms with Gasteiger partial charge in [-0.2, -0.15) is 4.57 Å². The third-order valence-electron chi connectivity index (χ3n) is 4.62. The van der Waals surface area contributed by atoms with Crippen LogP contribution in [-0.2, 0) is 17.2 Å². The van der Waals surface area contributed by atoms with Crippen LogP contribution in [0.3, 0.4) is 0 Å². The Morgan fingerprint density at radius 2 is 1.79 bits per heavy atom. The van der Waals surface area contributed by atoms with Gasteiger partial charge in [-0.3, -0.25) is 0 Å². The summed E-state index contributed by atoms with van der Waals surface area (Å²) in [6.07, 6.45) is 3.84. The minimum atomic E-state index is -4.27. The molecule has 29 heavy (non-hydrogen) atoms. The van der Waals surface area contributed by atoms with Crippen molar-refractivity contribution in [3.8, 4) is 5.75 Å². The van der Waals surface area contributed by atoms with Crippen LogP contribution in [0, 0.1) is 6.92 Å². The molecule has 0 unspecified atom stereocenters. The molecule has 4 aromatic rings. The lowest BCUT2D eigenvalue weighted by molar-refractivity contribution is -0.672. The molecule has 0 spiro atoms. The van der Waals surface area contributed by atoms with E-state index in [2.05, 4.69) is 23.7 Å². The second-order valence-electron chi connectivity index (χ2n) is 6.59. The first-order chi connectivity index (χ1) is 13.8. The quantitative estimate of drug-likeness (QED) is 0.412. The van der Waals surface area contributed by atoms with Crippen LogP contribution in [0.4, 0.5) is 0 Å². The first kappa shape index (κ1) is 20.6. The van der Waals surface area contributed by atoms with Gasteiger partial charge < -0.3 is 14.3 Å². The molecule has 6 nitrogen and oxygen atoms in total. The predicted octanol–water partition coefficient (Wildman–Crippen LogP) is 3.70. The van der Waals surface area contributed by atoms with E-state index >= 15 is 0 Å². The molecule has 0 radical (unpaired) electrons. The van der Waals surface area contributed by atoms with Gasteiger partial charge in [-0.25, -0.2) is 8.42 Å². The summed E-state index contributed by atoms with van der Waals surface area (Å²) in [6.45, 7) is 5.71. The van der Waals surface area contributed by atoms with Crippen LogP contribution in [0.15, 0.2) is 66.2 Å². The maximum absolute atomic E-state index is 10.4. The zero-order chi connectivity index (χ0) is 21.2. The van der Waals surface area contributed by atoms with Crippen LogP contribution in [-0.4, -0.2) is 25.1 Å². The molecule has 4 rings (SSSR count). The van der Waals surface area contributed by atoms with Gasteiger partial charge >= 0.3 is 0 Å². The van der Waals surface area contributed by atoms with Crippen LogP contribution >= 0.6 is 0 Å². The summed E-state index contributed by atoms with van der Waals surface area (Å²) in [6, 6.07) is 14.0. The zero-order valence-electron chi connectivity index (χ0n) is 16.5. The van der Waals surface area contributed by atoms with E-state index in [1.165, 1.54) is 17.5 Å². The number of aryl methyl sites for hydroxylation is 2. The number of benzene rings is 2. The molecular formula is C22H22N2O4S. The number of fused-ring (bicyclic) bond motifs is 3. The van der Waals surface area contributed by atoms with Crippen LogP contribution in [0.2, 0.25) is 0 Å². The van der Waals surface area contributed by atoms with E-state index in [-0.39, 0.29) is 4.90 Å². The molecule has 150 valence electrons. The highest BCUT2D eigenvalue weighted by Crippen LogP contribution is 2.33. The summed E-state index contributed by atoms with van der Waals surface area (Å²) in [4.78, 5) is 3.26. The van der Waals surface area contributed by atoms with Gasteiger partial charge in [-0.05, 0) is 25.1 Å². The summed E-state index contributed by atoms with van der Waals surface area (Å²) in [5.41, 5.74) is 4.16. The number of aromatic nitrogens is 2. The molecule has 0 aliphatic rings. The molecule has 2 aromatic carbocycles. The number of nitrogens with one attached hydrogen (secondary N) is 1. The highest BCUT2D eigenvalue weighted by molar-refractivity contribution is 7.85. The number of aromatic amines is 1. The van der Waals surface area contributed by atoms with Crippen molar-refractivity contribution in [2.24, 2.45) is 7.05 Å². The van der Waals surface area contributed by atoms with Crippen molar-refractivity contribution in [3.05, 3.63) is 72.6 Å². The normalized spacial score (nSPS) is 11.2. The Morgan fingerprint density at radius 3 is 2.38 bits per heavy atom. The maximum Gasteiger partial charge on any atom is 0.229 e. The largest absolute Gasteiger partial charge is 0.744 e. The van der Waals surface area contributed by atoms with Gasteiger partial charge in [0.2, 0.25) is 11.9 Å². The second-order valence-corrected chi connectivity index (χ2v) is 7.97. The minimum absolute atomic E-state index is 0.178. The van der Waals surface area contributed by atoms with Gasteiger partial charge in [0.15, 0.2) is 5.75 Å². The van der Waals surface area contributed by atoms with Crippen LogP contribution in [0.25, 0.3) is 27.9 Å². The average molecular weight is 410 g/mol. The Labute approximate surface area is 169 Å². The van der Waals surface area contributed by atoms with Crippen molar-refractivity contribution in [1.29, 1.82) is 0 Å². The molecule has 0 amide bonds. The summed E-state index contributed by atoms with van der Waals surface area (Å²) >= 11 is 0. The van der Waals surface area contributed by atoms with Crippen molar-refractivity contribution in [1.82, 2.24) is 4.98 Å². The maximum atomic E-state index is 10.4. The molecule has 0 aliphatic heterocycles. The Kier molecular flexibility index (Phi) is 5.72. The lowest BCUT2D eigenvalue weighted by Gasteiger charge is -2.05. The molecule has 0 aliphatic carbocycles. The zero-order valence-corrected chi connectivity index (χ0v) is 17.3. The number of nitrogens with zero attached hydrogens (tertiary/aromatic N) is 1. The Balaban J connectivity index is 0.000000188. The van der Waals surface area contributed by atoms with Crippen molar-refractivity contribution < 1.29 is 22.3 Å². The number of hydrogen-bond acceptors (Lipinski definition) is 4. The topological polar surface area (TPSA) is 86.1 Å². The number of methoxy groups -OCH3 is 1. The van der Waals surface area contributed by atoms with Crippen LogP contribution < -0.4 is 9.30 Å². The standard InChI is InChI=1S/C15H14N2O.C7H8O3S/c1-4-12-15-14(13(18-3)9-17(12)2)10-7-5-6-8-11(10)16-15;1-6-2-4-7(5-3-6)11(8,9)10/h4-9H,1H2,2-3H3;2-5H,1H3,(H,8,9,10). The smallest absolute Gasteiger partial charge is 0.229 e. The molecule has 2 aromatic heterocycles. The van der Waals surface area contributed by atoms with E-state index in [9.17, 15) is 13.0 Å². The molecular weight excluding hydrogens is 388 g/mol. The summed E-state index contributed by atoms with van der Waals surface area (Å²) in [5, 5.41) is 2.29. The predicted molar refractivity (Wildman–Crippen MR) is 113 cm³/mol. The number of para-hydroxylation sites is 1.